The Hall–Kier alpha value is -3.96. The molecule has 1 saturated carbocycles. The number of halogens is 1. The second-order valence-corrected chi connectivity index (χ2v) is 9.31. The zero-order chi connectivity index (χ0) is 26.5. The van der Waals surface area contributed by atoms with Gasteiger partial charge in [0.2, 0.25) is 0 Å². The van der Waals surface area contributed by atoms with Crippen LogP contribution >= 0.6 is 0 Å². The van der Waals surface area contributed by atoms with Crippen molar-refractivity contribution in [2.45, 2.75) is 25.3 Å². The van der Waals surface area contributed by atoms with Gasteiger partial charge in [-0.25, -0.2) is 9.18 Å². The number of carbonyl (C=O) groups is 2. The third-order valence-electron chi connectivity index (χ3n) is 6.38. The number of nitrogens with zero attached hydrogens (tertiary/aromatic N) is 2. The number of aromatic nitrogens is 1. The van der Waals surface area contributed by atoms with E-state index in [4.69, 9.17) is 19.9 Å². The molecule has 1 saturated heterocycles. The first-order valence-electron chi connectivity index (χ1n) is 12.7. The predicted octanol–water partition coefficient (Wildman–Crippen LogP) is 3.65. The van der Waals surface area contributed by atoms with E-state index in [1.807, 2.05) is 0 Å². The number of hydrogen-bond donors (Lipinski definition) is 3. The van der Waals surface area contributed by atoms with Gasteiger partial charge in [-0.1, -0.05) is 0 Å². The molecule has 0 unspecified atom stereocenters. The van der Waals surface area contributed by atoms with Crippen molar-refractivity contribution in [3.05, 3.63) is 54.0 Å². The number of morpholine rings is 1. The number of hydrogen-bond acceptors (Lipinski definition) is 7. The molecule has 0 bridgehead atoms. The van der Waals surface area contributed by atoms with Crippen LogP contribution < -0.4 is 25.8 Å². The summed E-state index contributed by atoms with van der Waals surface area (Å²) in [7, 11) is 0. The smallest absolute Gasteiger partial charge is 0.319 e. The van der Waals surface area contributed by atoms with Gasteiger partial charge >= 0.3 is 6.03 Å². The maximum atomic E-state index is 14.6. The first-order valence-corrected chi connectivity index (χ1v) is 12.7. The fraction of sp³-hybridized carbons (Fsp3) is 0.370. The highest BCUT2D eigenvalue weighted by Crippen LogP contribution is 2.34. The normalized spacial score (nSPS) is 15.7. The maximum Gasteiger partial charge on any atom is 0.319 e. The molecule has 1 aromatic heterocycles. The molecule has 2 aliphatic rings. The van der Waals surface area contributed by atoms with Crippen molar-refractivity contribution in [2.75, 3.05) is 44.8 Å². The number of nitrogens with one attached hydrogen (secondary N) is 2. The van der Waals surface area contributed by atoms with Crippen LogP contribution in [0.4, 0.5) is 14.9 Å². The van der Waals surface area contributed by atoms with Crippen LogP contribution in [0.25, 0.3) is 10.9 Å². The van der Waals surface area contributed by atoms with E-state index in [0.29, 0.717) is 29.0 Å². The minimum atomic E-state index is -0.643. The lowest BCUT2D eigenvalue weighted by Crippen LogP contribution is -2.37. The zero-order valence-corrected chi connectivity index (χ0v) is 20.9. The Morgan fingerprint density at radius 1 is 1.13 bits per heavy atom. The molecule has 0 atom stereocenters. The average molecular weight is 524 g/mol. The van der Waals surface area contributed by atoms with Crippen LogP contribution in [0, 0.1) is 5.82 Å². The summed E-state index contributed by atoms with van der Waals surface area (Å²) >= 11 is 0. The maximum absolute atomic E-state index is 14.6. The molecule has 11 heteroatoms. The Labute approximate surface area is 219 Å². The molecule has 3 amide bonds. The quantitative estimate of drug-likeness (QED) is 0.346. The van der Waals surface area contributed by atoms with E-state index < -0.39 is 17.8 Å². The number of ether oxygens (including phenoxy) is 3. The SMILES string of the molecule is NC(=O)c1cc2c(Oc3ccc(NC(=O)NC4CC4)c(F)c3)ccnc2cc1OCCCN1CCOCC1. The van der Waals surface area contributed by atoms with Crippen LogP contribution in [0.15, 0.2) is 42.6 Å². The minimum absolute atomic E-state index is 0.0431. The molecule has 200 valence electrons. The lowest BCUT2D eigenvalue weighted by molar-refractivity contribution is 0.0357. The Kier molecular flexibility index (Phi) is 7.85. The lowest BCUT2D eigenvalue weighted by atomic mass is 10.1. The fourth-order valence-corrected chi connectivity index (χ4v) is 4.20. The molecule has 0 spiro atoms. The van der Waals surface area contributed by atoms with Crippen molar-refractivity contribution in [1.29, 1.82) is 0 Å². The van der Waals surface area contributed by atoms with Gasteiger partial charge < -0.3 is 30.6 Å². The van der Waals surface area contributed by atoms with Gasteiger partial charge in [0.1, 0.15) is 23.1 Å². The average Bonchev–Trinajstić information content (AvgIpc) is 3.72. The second-order valence-electron chi connectivity index (χ2n) is 9.31. The molecular weight excluding hydrogens is 493 g/mol. The van der Waals surface area contributed by atoms with E-state index >= 15 is 0 Å². The molecule has 5 rings (SSSR count). The molecule has 0 radical (unpaired) electrons. The summed E-state index contributed by atoms with van der Waals surface area (Å²) in [6.07, 6.45) is 4.20. The largest absolute Gasteiger partial charge is 0.493 e. The Morgan fingerprint density at radius 2 is 1.95 bits per heavy atom. The monoisotopic (exact) mass is 523 g/mol. The summed E-state index contributed by atoms with van der Waals surface area (Å²) in [5.41, 5.74) is 6.43. The van der Waals surface area contributed by atoms with Gasteiger partial charge in [-0.05, 0) is 43.5 Å². The number of fused-ring (bicyclic) bond motifs is 1. The molecule has 38 heavy (non-hydrogen) atoms. The Morgan fingerprint density at radius 3 is 2.68 bits per heavy atom. The summed E-state index contributed by atoms with van der Waals surface area (Å²) in [6.45, 7) is 4.55. The molecule has 1 aliphatic heterocycles. The van der Waals surface area contributed by atoms with Crippen molar-refractivity contribution in [2.24, 2.45) is 5.73 Å². The van der Waals surface area contributed by atoms with Gasteiger partial charge in [0, 0.05) is 49.4 Å². The molecule has 2 fully saturated rings. The number of amides is 3. The minimum Gasteiger partial charge on any atom is -0.493 e. The number of benzene rings is 2. The van der Waals surface area contributed by atoms with Crippen molar-refractivity contribution < 1.29 is 28.2 Å². The number of carbonyl (C=O) groups excluding carboxylic acids is 2. The van der Waals surface area contributed by atoms with Gasteiger partial charge in [0.15, 0.2) is 0 Å². The Balaban J connectivity index is 1.29. The highest BCUT2D eigenvalue weighted by atomic mass is 19.1. The molecule has 2 heterocycles. The van der Waals surface area contributed by atoms with Crippen LogP contribution in [-0.4, -0.2) is 67.3 Å². The van der Waals surface area contributed by atoms with E-state index in [9.17, 15) is 14.0 Å². The number of primary amides is 1. The van der Waals surface area contributed by atoms with E-state index in [1.165, 1.54) is 12.1 Å². The summed E-state index contributed by atoms with van der Waals surface area (Å²) in [5, 5.41) is 5.77. The second kappa shape index (κ2) is 11.6. The first-order chi connectivity index (χ1) is 18.5. The van der Waals surface area contributed by atoms with Crippen LogP contribution in [-0.2, 0) is 4.74 Å². The number of pyridine rings is 1. The van der Waals surface area contributed by atoms with Crippen LogP contribution in [0.2, 0.25) is 0 Å². The van der Waals surface area contributed by atoms with E-state index in [1.54, 1.807) is 30.5 Å². The van der Waals surface area contributed by atoms with E-state index in [-0.39, 0.29) is 23.0 Å². The molecular formula is C27H30FN5O5. The lowest BCUT2D eigenvalue weighted by Gasteiger charge is -2.26. The fourth-order valence-electron chi connectivity index (χ4n) is 4.20. The molecule has 4 N–H and O–H groups in total. The molecule has 2 aromatic carbocycles. The number of nitrogens with two attached hydrogens (primary N) is 1. The highest BCUT2D eigenvalue weighted by molar-refractivity contribution is 6.01. The van der Waals surface area contributed by atoms with Gasteiger partial charge in [0.25, 0.3) is 5.91 Å². The zero-order valence-electron chi connectivity index (χ0n) is 20.9. The molecule has 10 nitrogen and oxygen atoms in total. The van der Waals surface area contributed by atoms with Crippen molar-refractivity contribution in [1.82, 2.24) is 15.2 Å². The van der Waals surface area contributed by atoms with Crippen molar-refractivity contribution in [3.63, 3.8) is 0 Å². The van der Waals surface area contributed by atoms with Crippen molar-refractivity contribution >= 4 is 28.5 Å². The van der Waals surface area contributed by atoms with Gasteiger partial charge in [-0.3, -0.25) is 14.7 Å². The van der Waals surface area contributed by atoms with Crippen LogP contribution in [0.5, 0.6) is 17.2 Å². The third-order valence-corrected chi connectivity index (χ3v) is 6.38. The van der Waals surface area contributed by atoms with Gasteiger partial charge in [-0.2, -0.15) is 0 Å². The third kappa shape index (κ3) is 6.48. The standard InChI is InChI=1S/C27H30FN5O5/c28-21-14-18(4-5-22(21)32-27(35)31-17-2-3-17)38-24-6-7-30-23-16-25(20(26(29)34)15-19(23)24)37-11-1-8-33-9-12-36-13-10-33/h4-7,14-17H,1-3,8-13H2,(H2,29,34)(H2,31,32,35). The number of rotatable bonds is 10. The molecule has 1 aliphatic carbocycles. The Bertz CT molecular complexity index is 1330. The summed E-state index contributed by atoms with van der Waals surface area (Å²) < 4.78 is 31.9. The van der Waals surface area contributed by atoms with E-state index in [2.05, 4.69) is 20.5 Å². The molecule has 3 aromatic rings. The van der Waals surface area contributed by atoms with Gasteiger partial charge in [0.05, 0.1) is 36.6 Å². The van der Waals surface area contributed by atoms with Crippen LogP contribution in [0.3, 0.4) is 0 Å². The summed E-state index contributed by atoms with van der Waals surface area (Å²) in [6, 6.07) is 8.71. The van der Waals surface area contributed by atoms with Crippen LogP contribution in [0.1, 0.15) is 29.6 Å². The number of anilines is 1. The first kappa shape index (κ1) is 25.7. The highest BCUT2D eigenvalue weighted by Gasteiger charge is 2.23. The van der Waals surface area contributed by atoms with E-state index in [0.717, 1.165) is 52.1 Å². The van der Waals surface area contributed by atoms with Crippen molar-refractivity contribution in [3.8, 4) is 17.2 Å². The topological polar surface area (TPSA) is 128 Å². The summed E-state index contributed by atoms with van der Waals surface area (Å²) in [5.74, 6) is -0.356. The number of urea groups is 1. The predicted molar refractivity (Wildman–Crippen MR) is 139 cm³/mol. The van der Waals surface area contributed by atoms with Gasteiger partial charge in [-0.15, -0.1) is 0 Å². The summed E-state index contributed by atoms with van der Waals surface area (Å²) in [4.78, 5) is 30.8.